The summed E-state index contributed by atoms with van der Waals surface area (Å²) in [7, 11) is 0. The third-order valence-electron chi connectivity index (χ3n) is 4.26. The number of anilines is 1. The van der Waals surface area contributed by atoms with Crippen LogP contribution in [-0.4, -0.2) is 37.8 Å². The number of halogens is 1. The molecule has 8 heteroatoms. The van der Waals surface area contributed by atoms with Crippen LogP contribution in [-0.2, 0) is 4.79 Å². The molecule has 0 aliphatic heterocycles. The van der Waals surface area contributed by atoms with E-state index in [1.54, 1.807) is 24.5 Å². The Morgan fingerprint density at radius 1 is 1.00 bits per heavy atom. The molecule has 0 aliphatic rings. The van der Waals surface area contributed by atoms with Gasteiger partial charge in [0.15, 0.2) is 16.8 Å². The highest BCUT2D eigenvalue weighted by molar-refractivity contribution is 7.99. The molecule has 0 bridgehead atoms. The van der Waals surface area contributed by atoms with Gasteiger partial charge in [0.1, 0.15) is 5.82 Å². The number of carbonyl (C=O) groups is 1. The summed E-state index contributed by atoms with van der Waals surface area (Å²) < 4.78 is 14.9. The highest BCUT2D eigenvalue weighted by Crippen LogP contribution is 2.27. The highest BCUT2D eigenvalue weighted by atomic mass is 32.2. The van der Waals surface area contributed by atoms with Crippen molar-refractivity contribution in [2.45, 2.75) is 5.16 Å². The number of nitrogens with one attached hydrogen (secondary N) is 1. The lowest BCUT2D eigenvalue weighted by molar-refractivity contribution is -0.115. The van der Waals surface area contributed by atoms with Crippen LogP contribution in [0, 0.1) is 5.82 Å². The van der Waals surface area contributed by atoms with Crippen LogP contribution in [0.2, 0.25) is 0 Å². The molecule has 150 valence electrons. The number of benzene rings is 2. The van der Waals surface area contributed by atoms with E-state index in [9.17, 15) is 9.18 Å². The minimum Gasteiger partial charge on any atom is -0.378 e. The molecule has 0 fully saturated rings. The van der Waals surface area contributed by atoms with E-state index in [1.807, 2.05) is 47.0 Å². The van der Waals surface area contributed by atoms with Crippen molar-refractivity contribution in [1.82, 2.24) is 19.7 Å². The molecule has 2 aromatic heterocycles. The SMILES string of the molecule is O=C(CNc1ccc(F)cc1)CSc1nnc(-c2cccnc2)n1-c1ccccc1. The largest absolute Gasteiger partial charge is 0.378 e. The second kappa shape index (κ2) is 9.32. The van der Waals surface area contributed by atoms with Crippen LogP contribution in [0.25, 0.3) is 17.1 Å². The van der Waals surface area contributed by atoms with Crippen LogP contribution in [0.15, 0.2) is 84.3 Å². The van der Waals surface area contributed by atoms with Crippen LogP contribution in [0.4, 0.5) is 10.1 Å². The summed E-state index contributed by atoms with van der Waals surface area (Å²) in [5.41, 5.74) is 2.44. The van der Waals surface area contributed by atoms with Gasteiger partial charge in [-0.25, -0.2) is 4.39 Å². The number of pyridine rings is 1. The Kier molecular flexibility index (Phi) is 6.14. The highest BCUT2D eigenvalue weighted by Gasteiger charge is 2.17. The molecular formula is C22H18FN5OS. The van der Waals surface area contributed by atoms with Crippen LogP contribution >= 0.6 is 11.8 Å². The first-order valence-corrected chi connectivity index (χ1v) is 10.2. The average Bonchev–Trinajstić information content (AvgIpc) is 3.22. The van der Waals surface area contributed by atoms with Gasteiger partial charge in [-0.3, -0.25) is 14.3 Å². The van der Waals surface area contributed by atoms with Crippen molar-refractivity contribution in [2.75, 3.05) is 17.6 Å². The molecule has 0 radical (unpaired) electrons. The molecule has 30 heavy (non-hydrogen) atoms. The van der Waals surface area contributed by atoms with Crippen molar-refractivity contribution < 1.29 is 9.18 Å². The smallest absolute Gasteiger partial charge is 0.196 e. The summed E-state index contributed by atoms with van der Waals surface area (Å²) in [6.07, 6.45) is 3.44. The normalized spacial score (nSPS) is 10.7. The second-order valence-corrected chi connectivity index (χ2v) is 7.35. The lowest BCUT2D eigenvalue weighted by Gasteiger charge is -2.10. The standard InChI is InChI=1S/C22H18FN5OS/c23-17-8-10-18(11-9-17)25-14-20(29)15-30-22-27-26-21(16-5-4-12-24-13-16)28(22)19-6-2-1-3-7-19/h1-13,25H,14-15H2. The molecule has 2 heterocycles. The molecule has 6 nitrogen and oxygen atoms in total. The Balaban J connectivity index is 1.49. The van der Waals surface area contributed by atoms with Crippen molar-refractivity contribution in [2.24, 2.45) is 0 Å². The Labute approximate surface area is 177 Å². The van der Waals surface area contributed by atoms with Crippen LogP contribution in [0.5, 0.6) is 0 Å². The fourth-order valence-corrected chi connectivity index (χ4v) is 3.63. The van der Waals surface area contributed by atoms with Gasteiger partial charge in [-0.2, -0.15) is 0 Å². The molecule has 4 aromatic rings. The van der Waals surface area contributed by atoms with Gasteiger partial charge < -0.3 is 5.32 Å². The molecule has 0 spiro atoms. The second-order valence-electron chi connectivity index (χ2n) is 6.41. The van der Waals surface area contributed by atoms with E-state index >= 15 is 0 Å². The quantitative estimate of drug-likeness (QED) is 0.431. The number of para-hydroxylation sites is 1. The Morgan fingerprint density at radius 2 is 1.80 bits per heavy atom. The third-order valence-corrected chi connectivity index (χ3v) is 5.25. The van der Waals surface area contributed by atoms with Crippen LogP contribution in [0.3, 0.4) is 0 Å². The Hall–Kier alpha value is -3.52. The third kappa shape index (κ3) is 4.72. The van der Waals surface area contributed by atoms with Gasteiger partial charge in [0, 0.05) is 29.3 Å². The topological polar surface area (TPSA) is 72.7 Å². The molecule has 0 saturated carbocycles. The molecular weight excluding hydrogens is 401 g/mol. The predicted octanol–water partition coefficient (Wildman–Crippen LogP) is 4.24. The van der Waals surface area contributed by atoms with E-state index in [4.69, 9.17) is 0 Å². The van der Waals surface area contributed by atoms with Crippen molar-refractivity contribution in [1.29, 1.82) is 0 Å². The monoisotopic (exact) mass is 419 g/mol. The molecule has 2 aromatic carbocycles. The number of nitrogens with zero attached hydrogens (tertiary/aromatic N) is 4. The lowest BCUT2D eigenvalue weighted by Crippen LogP contribution is -2.16. The summed E-state index contributed by atoms with van der Waals surface area (Å²) in [5, 5.41) is 12.3. The molecule has 1 N–H and O–H groups in total. The van der Waals surface area contributed by atoms with E-state index in [0.29, 0.717) is 16.7 Å². The van der Waals surface area contributed by atoms with Crippen molar-refractivity contribution in [3.63, 3.8) is 0 Å². The van der Waals surface area contributed by atoms with E-state index in [1.165, 1.54) is 23.9 Å². The number of ketones is 1. The first kappa shape index (κ1) is 19.8. The van der Waals surface area contributed by atoms with E-state index in [0.717, 1.165) is 11.3 Å². The summed E-state index contributed by atoms with van der Waals surface area (Å²) in [6, 6.07) is 19.4. The van der Waals surface area contributed by atoms with E-state index in [2.05, 4.69) is 20.5 Å². The van der Waals surface area contributed by atoms with Gasteiger partial charge in [-0.05, 0) is 48.5 Å². The maximum atomic E-state index is 13.0. The molecule has 0 aliphatic carbocycles. The van der Waals surface area contributed by atoms with Crippen molar-refractivity contribution in [3.05, 3.63) is 84.9 Å². The zero-order valence-corrected chi connectivity index (χ0v) is 16.7. The van der Waals surface area contributed by atoms with Crippen LogP contribution in [0.1, 0.15) is 0 Å². The minimum absolute atomic E-state index is 0.00476. The molecule has 4 rings (SSSR count). The van der Waals surface area contributed by atoms with Gasteiger partial charge in [0.2, 0.25) is 0 Å². The fourth-order valence-electron chi connectivity index (χ4n) is 2.82. The number of carbonyl (C=O) groups excluding carboxylic acids is 1. The predicted molar refractivity (Wildman–Crippen MR) is 115 cm³/mol. The van der Waals surface area contributed by atoms with Crippen molar-refractivity contribution >= 4 is 23.2 Å². The van der Waals surface area contributed by atoms with Gasteiger partial charge in [-0.15, -0.1) is 10.2 Å². The maximum Gasteiger partial charge on any atom is 0.196 e. The Morgan fingerprint density at radius 3 is 2.53 bits per heavy atom. The number of rotatable bonds is 8. The zero-order valence-electron chi connectivity index (χ0n) is 15.9. The summed E-state index contributed by atoms with van der Waals surface area (Å²) in [6.45, 7) is 0.146. The van der Waals surface area contributed by atoms with Gasteiger partial charge in [0.05, 0.1) is 12.3 Å². The summed E-state index contributed by atoms with van der Waals surface area (Å²) in [4.78, 5) is 16.5. The zero-order chi connectivity index (χ0) is 20.8. The Bertz CT molecular complexity index is 1120. The summed E-state index contributed by atoms with van der Waals surface area (Å²) >= 11 is 1.32. The van der Waals surface area contributed by atoms with Crippen LogP contribution < -0.4 is 5.32 Å². The fraction of sp³-hybridized carbons (Fsp3) is 0.0909. The van der Waals surface area contributed by atoms with E-state index in [-0.39, 0.29) is 23.9 Å². The molecule has 0 unspecified atom stereocenters. The lowest BCUT2D eigenvalue weighted by atomic mass is 10.2. The number of hydrogen-bond acceptors (Lipinski definition) is 6. The first-order valence-electron chi connectivity index (χ1n) is 9.26. The summed E-state index contributed by atoms with van der Waals surface area (Å²) in [5.74, 6) is 0.572. The number of Topliss-reactive ketones (excluding diaryl/α,β-unsaturated/α-hetero) is 1. The average molecular weight is 419 g/mol. The maximum absolute atomic E-state index is 13.0. The van der Waals surface area contributed by atoms with Crippen molar-refractivity contribution in [3.8, 4) is 17.1 Å². The number of aromatic nitrogens is 4. The molecule has 0 amide bonds. The van der Waals surface area contributed by atoms with Gasteiger partial charge >= 0.3 is 0 Å². The molecule has 0 saturated heterocycles. The number of hydrogen-bond donors (Lipinski definition) is 1. The molecule has 0 atom stereocenters. The first-order chi connectivity index (χ1) is 14.7. The van der Waals surface area contributed by atoms with Gasteiger partial charge in [-0.1, -0.05) is 30.0 Å². The van der Waals surface area contributed by atoms with Gasteiger partial charge in [0.25, 0.3) is 0 Å². The number of thioether (sulfide) groups is 1. The minimum atomic E-state index is -0.313. The van der Waals surface area contributed by atoms with E-state index < -0.39 is 0 Å².